The number of nitrogens with one attached hydrogen (secondary N) is 2. The largest absolute Gasteiger partial charge is 0.497 e. The highest BCUT2D eigenvalue weighted by Gasteiger charge is 2.42. The van der Waals surface area contributed by atoms with Crippen molar-refractivity contribution in [3.05, 3.63) is 112 Å². The standard InChI is InChI=1S/C31H28F2N2O4/c1-17-28(31(37)35-24-11-9-20(32)15-23(24)33)29(22-16-21(38-2)10-12-27(22)39-3)30-25(34-17)13-19(14-26(30)36)18-7-5-4-6-8-18/h4-12,15-16,19,29,34H,13-14H2,1-3H3,(H,35,37)/t19-,29+/m1/s1. The average Bonchev–Trinajstić information content (AvgIpc) is 2.93. The van der Waals surface area contributed by atoms with E-state index in [1.165, 1.54) is 14.2 Å². The van der Waals surface area contributed by atoms with Gasteiger partial charge in [-0.1, -0.05) is 30.3 Å². The Kier molecular flexibility index (Phi) is 7.19. The van der Waals surface area contributed by atoms with Gasteiger partial charge in [-0.2, -0.15) is 0 Å². The lowest BCUT2D eigenvalue weighted by atomic mass is 9.71. The zero-order valence-corrected chi connectivity index (χ0v) is 21.8. The third-order valence-corrected chi connectivity index (χ3v) is 7.27. The summed E-state index contributed by atoms with van der Waals surface area (Å²) >= 11 is 0. The molecule has 2 N–H and O–H groups in total. The Morgan fingerprint density at radius 1 is 0.974 bits per heavy atom. The third kappa shape index (κ3) is 5.02. The fourth-order valence-electron chi connectivity index (χ4n) is 5.46. The number of Topliss-reactive ketones (excluding diaryl/α,β-unsaturated/α-hetero) is 1. The van der Waals surface area contributed by atoms with Crippen LogP contribution in [0.1, 0.15) is 42.7 Å². The fraction of sp³-hybridized carbons (Fsp3) is 0.226. The second-order valence-electron chi connectivity index (χ2n) is 9.61. The molecule has 2 atom stereocenters. The van der Waals surface area contributed by atoms with Gasteiger partial charge in [-0.3, -0.25) is 9.59 Å². The van der Waals surface area contributed by atoms with Gasteiger partial charge in [0.25, 0.3) is 5.91 Å². The molecule has 0 fully saturated rings. The van der Waals surface area contributed by atoms with E-state index in [1.54, 1.807) is 25.1 Å². The van der Waals surface area contributed by atoms with E-state index >= 15 is 0 Å². The summed E-state index contributed by atoms with van der Waals surface area (Å²) in [5.41, 5.74) is 3.41. The molecule has 8 heteroatoms. The molecular weight excluding hydrogens is 502 g/mol. The average molecular weight is 531 g/mol. The molecule has 5 rings (SSSR count). The molecular formula is C31H28F2N2O4. The first kappa shape index (κ1) is 26.2. The number of hydrogen-bond donors (Lipinski definition) is 2. The molecule has 6 nitrogen and oxygen atoms in total. The van der Waals surface area contributed by atoms with E-state index in [0.29, 0.717) is 40.8 Å². The van der Waals surface area contributed by atoms with Gasteiger partial charge >= 0.3 is 0 Å². The van der Waals surface area contributed by atoms with Gasteiger partial charge in [-0.15, -0.1) is 0 Å². The number of ether oxygens (including phenoxy) is 2. The van der Waals surface area contributed by atoms with Crippen molar-refractivity contribution in [1.29, 1.82) is 0 Å². The minimum Gasteiger partial charge on any atom is -0.497 e. The number of halogens is 2. The van der Waals surface area contributed by atoms with Crippen LogP contribution in [0.25, 0.3) is 0 Å². The number of hydrogen-bond acceptors (Lipinski definition) is 5. The van der Waals surface area contributed by atoms with E-state index in [9.17, 15) is 18.4 Å². The van der Waals surface area contributed by atoms with Gasteiger partial charge in [0.05, 0.1) is 25.8 Å². The number of carbonyl (C=O) groups excluding carboxylic acids is 2. The second kappa shape index (κ2) is 10.7. The molecule has 0 aromatic heterocycles. The van der Waals surface area contributed by atoms with Crippen molar-refractivity contribution in [2.75, 3.05) is 19.5 Å². The van der Waals surface area contributed by atoms with Crippen molar-refractivity contribution in [2.45, 2.75) is 31.6 Å². The van der Waals surface area contributed by atoms with Crippen molar-refractivity contribution < 1.29 is 27.8 Å². The lowest BCUT2D eigenvalue weighted by Gasteiger charge is -2.37. The Balaban J connectivity index is 1.63. The summed E-state index contributed by atoms with van der Waals surface area (Å²) in [6.45, 7) is 1.75. The van der Waals surface area contributed by atoms with Crippen LogP contribution in [-0.2, 0) is 9.59 Å². The molecule has 0 bridgehead atoms. The van der Waals surface area contributed by atoms with Gasteiger partial charge in [-0.25, -0.2) is 8.78 Å². The van der Waals surface area contributed by atoms with Gasteiger partial charge in [-0.05, 0) is 55.2 Å². The number of carbonyl (C=O) groups is 2. The van der Waals surface area contributed by atoms with Crippen LogP contribution in [0, 0.1) is 11.6 Å². The van der Waals surface area contributed by atoms with Crippen LogP contribution < -0.4 is 20.1 Å². The summed E-state index contributed by atoms with van der Waals surface area (Å²) in [6, 6.07) is 18.0. The number of allylic oxidation sites excluding steroid dienone is 3. The van der Waals surface area contributed by atoms with Crippen LogP contribution in [0.5, 0.6) is 11.5 Å². The number of ketones is 1. The summed E-state index contributed by atoms with van der Waals surface area (Å²) in [4.78, 5) is 27.6. The lowest BCUT2D eigenvalue weighted by Crippen LogP contribution is -2.37. The first-order valence-corrected chi connectivity index (χ1v) is 12.6. The molecule has 1 heterocycles. The van der Waals surface area contributed by atoms with Crippen molar-refractivity contribution >= 4 is 17.4 Å². The maximum atomic E-state index is 14.5. The molecule has 39 heavy (non-hydrogen) atoms. The van der Waals surface area contributed by atoms with Gasteiger partial charge < -0.3 is 20.1 Å². The van der Waals surface area contributed by atoms with E-state index in [0.717, 1.165) is 23.4 Å². The van der Waals surface area contributed by atoms with E-state index in [1.807, 2.05) is 30.3 Å². The van der Waals surface area contributed by atoms with Crippen LogP contribution in [0.15, 0.2) is 89.3 Å². The zero-order valence-electron chi connectivity index (χ0n) is 21.8. The zero-order chi connectivity index (χ0) is 27.7. The number of anilines is 1. The molecule has 200 valence electrons. The molecule has 0 unspecified atom stereocenters. The predicted octanol–water partition coefficient (Wildman–Crippen LogP) is 5.98. The second-order valence-corrected chi connectivity index (χ2v) is 9.61. The van der Waals surface area contributed by atoms with Crippen LogP contribution >= 0.6 is 0 Å². The SMILES string of the molecule is COc1ccc(OC)c([C@H]2C(C(=O)Nc3ccc(F)cc3F)=C(C)NC3=C2C(=O)C[C@H](c2ccccc2)C3)c1. The highest BCUT2D eigenvalue weighted by Crippen LogP contribution is 2.48. The molecule has 3 aromatic rings. The number of benzene rings is 3. The topological polar surface area (TPSA) is 76.7 Å². The molecule has 0 spiro atoms. The van der Waals surface area contributed by atoms with Crippen LogP contribution in [0.3, 0.4) is 0 Å². The van der Waals surface area contributed by atoms with E-state index in [4.69, 9.17) is 9.47 Å². The smallest absolute Gasteiger partial charge is 0.254 e. The summed E-state index contributed by atoms with van der Waals surface area (Å²) in [6.07, 6.45) is 0.848. The summed E-state index contributed by atoms with van der Waals surface area (Å²) in [7, 11) is 3.04. The highest BCUT2D eigenvalue weighted by molar-refractivity contribution is 6.10. The Labute approximate surface area is 225 Å². The summed E-state index contributed by atoms with van der Waals surface area (Å²) in [5, 5.41) is 5.87. The maximum Gasteiger partial charge on any atom is 0.254 e. The Morgan fingerprint density at radius 2 is 1.74 bits per heavy atom. The van der Waals surface area contributed by atoms with Gasteiger partial charge in [0.2, 0.25) is 0 Å². The van der Waals surface area contributed by atoms with Crippen LogP contribution in [0.4, 0.5) is 14.5 Å². The number of rotatable bonds is 6. The summed E-state index contributed by atoms with van der Waals surface area (Å²) < 4.78 is 39.0. The molecule has 0 saturated heterocycles. The maximum absolute atomic E-state index is 14.5. The van der Waals surface area contributed by atoms with Gasteiger partial charge in [0.15, 0.2) is 5.78 Å². The van der Waals surface area contributed by atoms with Crippen LogP contribution in [-0.4, -0.2) is 25.9 Å². The Morgan fingerprint density at radius 3 is 2.44 bits per heavy atom. The monoisotopic (exact) mass is 530 g/mol. The molecule has 0 saturated carbocycles. The first-order valence-electron chi connectivity index (χ1n) is 12.6. The van der Waals surface area contributed by atoms with Crippen molar-refractivity contribution in [3.63, 3.8) is 0 Å². The highest BCUT2D eigenvalue weighted by atomic mass is 19.1. The van der Waals surface area contributed by atoms with E-state index in [2.05, 4.69) is 10.6 Å². The summed E-state index contributed by atoms with van der Waals surface area (Å²) in [5.74, 6) is -2.20. The third-order valence-electron chi connectivity index (χ3n) is 7.27. The number of amides is 1. The number of dihydropyridines is 1. The molecule has 1 aliphatic carbocycles. The Bertz CT molecular complexity index is 1510. The molecule has 1 amide bonds. The predicted molar refractivity (Wildman–Crippen MR) is 144 cm³/mol. The molecule has 0 radical (unpaired) electrons. The molecule has 1 aliphatic heterocycles. The number of methoxy groups -OCH3 is 2. The normalized spacial score (nSPS) is 18.8. The van der Waals surface area contributed by atoms with Crippen molar-refractivity contribution in [1.82, 2.24) is 5.32 Å². The Hall–Kier alpha value is -4.46. The van der Waals surface area contributed by atoms with Crippen molar-refractivity contribution in [3.8, 4) is 11.5 Å². The van der Waals surface area contributed by atoms with Gasteiger partial charge in [0, 0.05) is 40.6 Å². The minimum absolute atomic E-state index is 0.0192. The van der Waals surface area contributed by atoms with E-state index < -0.39 is 23.5 Å². The lowest BCUT2D eigenvalue weighted by molar-refractivity contribution is -0.116. The first-order chi connectivity index (χ1) is 18.8. The van der Waals surface area contributed by atoms with Gasteiger partial charge in [0.1, 0.15) is 23.1 Å². The molecule has 2 aliphatic rings. The van der Waals surface area contributed by atoms with Crippen LogP contribution in [0.2, 0.25) is 0 Å². The molecule has 3 aromatic carbocycles. The fourth-order valence-corrected chi connectivity index (χ4v) is 5.46. The quantitative estimate of drug-likeness (QED) is 0.410. The minimum atomic E-state index is -0.903. The van der Waals surface area contributed by atoms with Crippen molar-refractivity contribution in [2.24, 2.45) is 0 Å². The van der Waals surface area contributed by atoms with E-state index in [-0.39, 0.29) is 29.4 Å².